The molecule has 0 aliphatic heterocycles. The van der Waals surface area contributed by atoms with Crippen molar-refractivity contribution >= 4 is 9.84 Å². The highest BCUT2D eigenvalue weighted by Crippen LogP contribution is 2.32. The van der Waals surface area contributed by atoms with Gasteiger partial charge < -0.3 is 0 Å². The Bertz CT molecular complexity index is 492. The molecule has 1 aromatic carbocycles. The molecule has 78 valence electrons. The first kappa shape index (κ1) is 10.2. The fourth-order valence-corrected chi connectivity index (χ4v) is 3.12. The van der Waals surface area contributed by atoms with Gasteiger partial charge >= 0.3 is 0 Å². The molecule has 0 spiro atoms. The molecule has 0 unspecified atom stereocenters. The zero-order chi connectivity index (χ0) is 10.9. The monoisotopic (exact) mass is 221 g/mol. The van der Waals surface area contributed by atoms with Crippen LogP contribution in [0.15, 0.2) is 29.2 Å². The molecule has 2 rings (SSSR count). The Morgan fingerprint density at radius 1 is 1.27 bits per heavy atom. The number of hydrogen-bond donors (Lipinski definition) is 0. The number of rotatable bonds is 3. The third-order valence-electron chi connectivity index (χ3n) is 2.49. The zero-order valence-corrected chi connectivity index (χ0v) is 9.00. The molecular formula is C11H11NO2S. The molecule has 0 aromatic heterocycles. The van der Waals surface area contributed by atoms with Crippen molar-refractivity contribution in [3.63, 3.8) is 0 Å². The van der Waals surface area contributed by atoms with Gasteiger partial charge in [0, 0.05) is 0 Å². The maximum atomic E-state index is 11.8. The molecule has 0 heterocycles. The second-order valence-corrected chi connectivity index (χ2v) is 5.90. The maximum Gasteiger partial charge on any atom is 0.178 e. The van der Waals surface area contributed by atoms with E-state index >= 15 is 0 Å². The molecule has 1 saturated carbocycles. The predicted octanol–water partition coefficient (Wildman–Crippen LogP) is 1.74. The van der Waals surface area contributed by atoms with E-state index in [0.29, 0.717) is 16.4 Å². The highest BCUT2D eigenvalue weighted by atomic mass is 32.2. The summed E-state index contributed by atoms with van der Waals surface area (Å²) in [5.41, 5.74) is 0.486. The number of nitrogens with zero attached hydrogens (tertiary/aromatic N) is 1. The Morgan fingerprint density at radius 2 is 1.87 bits per heavy atom. The highest BCUT2D eigenvalue weighted by Gasteiger charge is 2.28. The van der Waals surface area contributed by atoms with Gasteiger partial charge in [0.05, 0.1) is 22.3 Å². The lowest BCUT2D eigenvalue weighted by Crippen LogP contribution is -2.08. The van der Waals surface area contributed by atoms with Crippen LogP contribution in [0.2, 0.25) is 0 Å². The molecule has 0 amide bonds. The summed E-state index contributed by atoms with van der Waals surface area (Å²) in [6.07, 6.45) is 2.05. The topological polar surface area (TPSA) is 57.9 Å². The van der Waals surface area contributed by atoms with Crippen LogP contribution < -0.4 is 0 Å². The van der Waals surface area contributed by atoms with Gasteiger partial charge in [-0.3, -0.25) is 0 Å². The SMILES string of the molecule is N#Cc1ccc(S(=O)(=O)CC2CC2)cc1. The van der Waals surface area contributed by atoms with E-state index in [1.807, 2.05) is 6.07 Å². The number of nitriles is 1. The van der Waals surface area contributed by atoms with Crippen molar-refractivity contribution in [1.29, 1.82) is 5.26 Å². The Kier molecular flexibility index (Phi) is 2.49. The number of hydrogen-bond acceptors (Lipinski definition) is 3. The van der Waals surface area contributed by atoms with E-state index < -0.39 is 9.84 Å². The molecule has 0 bridgehead atoms. The Morgan fingerprint density at radius 3 is 2.33 bits per heavy atom. The van der Waals surface area contributed by atoms with E-state index in [-0.39, 0.29) is 5.75 Å². The van der Waals surface area contributed by atoms with Crippen molar-refractivity contribution in [2.75, 3.05) is 5.75 Å². The summed E-state index contributed by atoms with van der Waals surface area (Å²) in [7, 11) is -3.13. The van der Waals surface area contributed by atoms with Gasteiger partial charge in [0.2, 0.25) is 0 Å². The Labute approximate surface area is 89.3 Å². The van der Waals surface area contributed by atoms with Crippen LogP contribution in [0.3, 0.4) is 0 Å². The third-order valence-corrected chi connectivity index (χ3v) is 4.40. The van der Waals surface area contributed by atoms with Crippen LogP contribution >= 0.6 is 0 Å². The zero-order valence-electron chi connectivity index (χ0n) is 8.18. The fourth-order valence-electron chi connectivity index (χ4n) is 1.43. The summed E-state index contributed by atoms with van der Waals surface area (Å²) in [4.78, 5) is 0.327. The van der Waals surface area contributed by atoms with Crippen LogP contribution in [-0.2, 0) is 9.84 Å². The minimum atomic E-state index is -3.13. The molecule has 4 heteroatoms. The van der Waals surface area contributed by atoms with Gasteiger partial charge in [-0.05, 0) is 43.0 Å². The Hall–Kier alpha value is -1.34. The summed E-state index contributed by atoms with van der Waals surface area (Å²) < 4.78 is 23.6. The van der Waals surface area contributed by atoms with Crippen LogP contribution in [0.25, 0.3) is 0 Å². The number of benzene rings is 1. The summed E-state index contributed by atoms with van der Waals surface area (Å²) in [5.74, 6) is 0.601. The lowest BCUT2D eigenvalue weighted by Gasteiger charge is -2.02. The molecule has 0 N–H and O–H groups in total. The van der Waals surface area contributed by atoms with Crippen molar-refractivity contribution in [2.45, 2.75) is 17.7 Å². The van der Waals surface area contributed by atoms with Gasteiger partial charge in [-0.25, -0.2) is 8.42 Å². The van der Waals surface area contributed by atoms with Crippen molar-refractivity contribution in [1.82, 2.24) is 0 Å². The van der Waals surface area contributed by atoms with Gasteiger partial charge in [-0.2, -0.15) is 5.26 Å². The van der Waals surface area contributed by atoms with Crippen LogP contribution in [-0.4, -0.2) is 14.2 Å². The highest BCUT2D eigenvalue weighted by molar-refractivity contribution is 7.91. The van der Waals surface area contributed by atoms with Crippen molar-refractivity contribution in [3.8, 4) is 6.07 Å². The van der Waals surface area contributed by atoms with Crippen molar-refractivity contribution in [3.05, 3.63) is 29.8 Å². The van der Waals surface area contributed by atoms with Gasteiger partial charge in [0.25, 0.3) is 0 Å². The quantitative estimate of drug-likeness (QED) is 0.781. The summed E-state index contributed by atoms with van der Waals surface area (Å²) in [6, 6.07) is 8.07. The van der Waals surface area contributed by atoms with Crippen LogP contribution in [0.5, 0.6) is 0 Å². The maximum absolute atomic E-state index is 11.8. The average Bonchev–Trinajstić information content (AvgIpc) is 3.01. The van der Waals surface area contributed by atoms with E-state index in [2.05, 4.69) is 0 Å². The molecule has 15 heavy (non-hydrogen) atoms. The smallest absolute Gasteiger partial charge is 0.178 e. The largest absolute Gasteiger partial charge is 0.224 e. The molecule has 0 radical (unpaired) electrons. The normalized spacial score (nSPS) is 15.9. The second-order valence-electron chi connectivity index (χ2n) is 3.86. The average molecular weight is 221 g/mol. The molecule has 1 aliphatic rings. The molecule has 1 aromatic rings. The first-order valence-electron chi connectivity index (χ1n) is 4.85. The summed E-state index contributed by atoms with van der Waals surface area (Å²) in [5, 5.41) is 8.59. The molecule has 1 aliphatic carbocycles. The predicted molar refractivity (Wildman–Crippen MR) is 55.9 cm³/mol. The summed E-state index contributed by atoms with van der Waals surface area (Å²) >= 11 is 0. The van der Waals surface area contributed by atoms with Crippen LogP contribution in [0.4, 0.5) is 0 Å². The third kappa shape index (κ3) is 2.37. The second kappa shape index (κ2) is 3.67. The molecule has 1 fully saturated rings. The molecular weight excluding hydrogens is 210 g/mol. The minimum Gasteiger partial charge on any atom is -0.224 e. The van der Waals surface area contributed by atoms with E-state index in [4.69, 9.17) is 5.26 Å². The van der Waals surface area contributed by atoms with Crippen molar-refractivity contribution < 1.29 is 8.42 Å². The Balaban J connectivity index is 2.24. The van der Waals surface area contributed by atoms with Gasteiger partial charge in [0.15, 0.2) is 9.84 Å². The lowest BCUT2D eigenvalue weighted by atomic mass is 10.2. The first-order valence-corrected chi connectivity index (χ1v) is 6.50. The van der Waals surface area contributed by atoms with Gasteiger partial charge in [0.1, 0.15) is 0 Å². The fraction of sp³-hybridized carbons (Fsp3) is 0.364. The van der Waals surface area contributed by atoms with Crippen LogP contribution in [0, 0.1) is 17.2 Å². The van der Waals surface area contributed by atoms with Gasteiger partial charge in [-0.1, -0.05) is 0 Å². The van der Waals surface area contributed by atoms with E-state index in [0.717, 1.165) is 12.8 Å². The standard InChI is InChI=1S/C11H11NO2S/c12-7-9-3-5-11(6-4-9)15(13,14)8-10-1-2-10/h3-6,10H,1-2,8H2. The summed E-state index contributed by atoms with van der Waals surface area (Å²) in [6.45, 7) is 0. The van der Waals surface area contributed by atoms with Gasteiger partial charge in [-0.15, -0.1) is 0 Å². The van der Waals surface area contributed by atoms with E-state index in [1.54, 1.807) is 12.1 Å². The van der Waals surface area contributed by atoms with E-state index in [9.17, 15) is 8.42 Å². The molecule has 0 atom stereocenters. The van der Waals surface area contributed by atoms with Crippen molar-refractivity contribution in [2.24, 2.45) is 5.92 Å². The van der Waals surface area contributed by atoms with E-state index in [1.165, 1.54) is 12.1 Å². The molecule has 0 saturated heterocycles. The number of sulfone groups is 1. The molecule has 3 nitrogen and oxygen atoms in total. The lowest BCUT2D eigenvalue weighted by molar-refractivity contribution is 0.592. The minimum absolute atomic E-state index is 0.249. The first-order chi connectivity index (χ1) is 7.12. The van der Waals surface area contributed by atoms with Crippen LogP contribution in [0.1, 0.15) is 18.4 Å².